The minimum Gasteiger partial charge on any atom is -0.308 e. The van der Waals surface area contributed by atoms with Crippen LogP contribution in [0.25, 0.3) is 0 Å². The molecule has 0 atom stereocenters. The minimum atomic E-state index is 0.839. The molecule has 1 aromatic carbocycles. The van der Waals surface area contributed by atoms with Gasteiger partial charge in [0, 0.05) is 26.4 Å². The van der Waals surface area contributed by atoms with Crippen LogP contribution in [0.4, 0.5) is 0 Å². The van der Waals surface area contributed by atoms with Crippen molar-refractivity contribution in [3.05, 3.63) is 35.9 Å². The van der Waals surface area contributed by atoms with Crippen molar-refractivity contribution in [1.29, 1.82) is 0 Å². The Hall–Kier alpha value is -1.15. The Morgan fingerprint density at radius 1 is 1.33 bits per heavy atom. The molecule has 2 heteroatoms. The third-order valence-corrected chi connectivity index (χ3v) is 1.59. The summed E-state index contributed by atoms with van der Waals surface area (Å²) < 4.78 is 0. The SMILES string of the molecule is C/N=C\CNCc1ccccc1. The van der Waals surface area contributed by atoms with Crippen molar-refractivity contribution in [2.75, 3.05) is 13.6 Å². The van der Waals surface area contributed by atoms with E-state index in [0.717, 1.165) is 13.1 Å². The van der Waals surface area contributed by atoms with Crippen molar-refractivity contribution in [3.8, 4) is 0 Å². The van der Waals surface area contributed by atoms with Crippen molar-refractivity contribution in [1.82, 2.24) is 5.32 Å². The second-order valence-electron chi connectivity index (χ2n) is 2.56. The number of aliphatic imine (C=N–C) groups is 1. The van der Waals surface area contributed by atoms with Crippen molar-refractivity contribution < 1.29 is 0 Å². The summed E-state index contributed by atoms with van der Waals surface area (Å²) in [6.45, 7) is 1.75. The maximum absolute atomic E-state index is 3.88. The molecule has 0 fully saturated rings. The van der Waals surface area contributed by atoms with Gasteiger partial charge in [0.25, 0.3) is 0 Å². The average molecular weight is 162 g/mol. The summed E-state index contributed by atoms with van der Waals surface area (Å²) in [7, 11) is 1.78. The number of nitrogens with one attached hydrogen (secondary N) is 1. The molecule has 0 aliphatic carbocycles. The maximum atomic E-state index is 3.88. The van der Waals surface area contributed by atoms with Gasteiger partial charge in [0.1, 0.15) is 0 Å². The lowest BCUT2D eigenvalue weighted by atomic mass is 10.2. The Labute approximate surface area is 73.3 Å². The van der Waals surface area contributed by atoms with Gasteiger partial charge in [-0.15, -0.1) is 0 Å². The van der Waals surface area contributed by atoms with Crippen LogP contribution >= 0.6 is 0 Å². The lowest BCUT2D eigenvalue weighted by molar-refractivity contribution is 0.781. The Balaban J connectivity index is 2.24. The van der Waals surface area contributed by atoms with Crippen molar-refractivity contribution in [3.63, 3.8) is 0 Å². The predicted octanol–water partition coefficient (Wildman–Crippen LogP) is 1.48. The summed E-state index contributed by atoms with van der Waals surface area (Å²) in [6, 6.07) is 10.3. The molecule has 1 aromatic rings. The van der Waals surface area contributed by atoms with Crippen LogP contribution in [-0.4, -0.2) is 19.8 Å². The van der Waals surface area contributed by atoms with Gasteiger partial charge in [0.15, 0.2) is 0 Å². The van der Waals surface area contributed by atoms with Gasteiger partial charge in [-0.1, -0.05) is 30.3 Å². The third-order valence-electron chi connectivity index (χ3n) is 1.59. The van der Waals surface area contributed by atoms with Gasteiger partial charge in [-0.25, -0.2) is 0 Å². The highest BCUT2D eigenvalue weighted by Crippen LogP contribution is 1.96. The van der Waals surface area contributed by atoms with Crippen molar-refractivity contribution in [2.45, 2.75) is 6.54 Å². The minimum absolute atomic E-state index is 0.839. The van der Waals surface area contributed by atoms with Crippen LogP contribution in [0.1, 0.15) is 5.56 Å². The van der Waals surface area contributed by atoms with E-state index in [4.69, 9.17) is 0 Å². The second-order valence-corrected chi connectivity index (χ2v) is 2.56. The third kappa shape index (κ3) is 3.30. The summed E-state index contributed by atoms with van der Waals surface area (Å²) >= 11 is 0. The van der Waals surface area contributed by atoms with Crippen LogP contribution in [0.3, 0.4) is 0 Å². The zero-order valence-corrected chi connectivity index (χ0v) is 7.33. The first kappa shape index (κ1) is 8.94. The predicted molar refractivity (Wildman–Crippen MR) is 52.6 cm³/mol. The molecule has 64 valence electrons. The van der Waals surface area contributed by atoms with E-state index < -0.39 is 0 Å². The van der Waals surface area contributed by atoms with E-state index in [1.807, 2.05) is 24.4 Å². The van der Waals surface area contributed by atoms with E-state index >= 15 is 0 Å². The van der Waals surface area contributed by atoms with E-state index in [0.29, 0.717) is 0 Å². The fraction of sp³-hybridized carbons (Fsp3) is 0.300. The maximum Gasteiger partial charge on any atom is 0.0308 e. The molecule has 1 N–H and O–H groups in total. The largest absolute Gasteiger partial charge is 0.308 e. The molecular formula is C10H14N2. The summed E-state index contributed by atoms with van der Waals surface area (Å²) in [4.78, 5) is 3.88. The van der Waals surface area contributed by atoms with E-state index in [9.17, 15) is 0 Å². The Morgan fingerprint density at radius 2 is 2.08 bits per heavy atom. The van der Waals surface area contributed by atoms with Gasteiger partial charge in [0.2, 0.25) is 0 Å². The van der Waals surface area contributed by atoms with Gasteiger partial charge in [-0.05, 0) is 5.56 Å². The van der Waals surface area contributed by atoms with Gasteiger partial charge in [0.05, 0.1) is 0 Å². The smallest absolute Gasteiger partial charge is 0.0308 e. The van der Waals surface area contributed by atoms with Crippen LogP contribution in [0.15, 0.2) is 35.3 Å². The quantitative estimate of drug-likeness (QED) is 0.526. The summed E-state index contributed by atoms with van der Waals surface area (Å²) in [5.74, 6) is 0. The average Bonchev–Trinajstić information content (AvgIpc) is 2.14. The Morgan fingerprint density at radius 3 is 2.75 bits per heavy atom. The molecule has 12 heavy (non-hydrogen) atoms. The highest BCUT2D eigenvalue weighted by Gasteiger charge is 1.87. The molecule has 0 aromatic heterocycles. The molecule has 0 amide bonds. The molecule has 0 saturated carbocycles. The van der Waals surface area contributed by atoms with Gasteiger partial charge in [-0.2, -0.15) is 0 Å². The molecule has 0 unspecified atom stereocenters. The molecule has 0 aliphatic rings. The van der Waals surface area contributed by atoms with Gasteiger partial charge >= 0.3 is 0 Å². The number of nitrogens with zero attached hydrogens (tertiary/aromatic N) is 1. The first-order valence-corrected chi connectivity index (χ1v) is 4.09. The molecule has 1 rings (SSSR count). The van der Waals surface area contributed by atoms with Crippen LogP contribution in [0.2, 0.25) is 0 Å². The molecule has 0 spiro atoms. The molecule has 0 bridgehead atoms. The van der Waals surface area contributed by atoms with Crippen LogP contribution < -0.4 is 5.32 Å². The number of rotatable bonds is 4. The van der Waals surface area contributed by atoms with E-state index in [2.05, 4.69) is 22.4 Å². The Bertz CT molecular complexity index is 229. The van der Waals surface area contributed by atoms with E-state index in [-0.39, 0.29) is 0 Å². The van der Waals surface area contributed by atoms with Crippen molar-refractivity contribution in [2.24, 2.45) is 4.99 Å². The lowest BCUT2D eigenvalue weighted by Crippen LogP contribution is -2.15. The standard InChI is InChI=1S/C10H14N2/c1-11-7-8-12-9-10-5-3-2-4-6-10/h2-7,12H,8-9H2,1H3/b11-7-. The highest BCUT2D eigenvalue weighted by atomic mass is 14.9. The summed E-state index contributed by atoms with van der Waals surface area (Å²) in [5, 5.41) is 3.25. The van der Waals surface area contributed by atoms with Crippen molar-refractivity contribution >= 4 is 6.21 Å². The van der Waals surface area contributed by atoms with Gasteiger partial charge in [-0.3, -0.25) is 4.99 Å². The van der Waals surface area contributed by atoms with Crippen LogP contribution in [0.5, 0.6) is 0 Å². The lowest BCUT2D eigenvalue weighted by Gasteiger charge is -1.99. The molecule has 2 nitrogen and oxygen atoms in total. The zero-order chi connectivity index (χ0) is 8.65. The molecular weight excluding hydrogens is 148 g/mol. The zero-order valence-electron chi connectivity index (χ0n) is 7.33. The molecule has 0 radical (unpaired) electrons. The fourth-order valence-electron chi connectivity index (χ4n) is 0.968. The first-order valence-electron chi connectivity index (χ1n) is 4.09. The Kier molecular flexibility index (Phi) is 4.09. The second kappa shape index (κ2) is 5.49. The first-order chi connectivity index (χ1) is 5.93. The number of hydrogen-bond acceptors (Lipinski definition) is 2. The summed E-state index contributed by atoms with van der Waals surface area (Å²) in [5.41, 5.74) is 1.31. The van der Waals surface area contributed by atoms with Crippen LogP contribution in [-0.2, 0) is 6.54 Å². The topological polar surface area (TPSA) is 24.4 Å². The monoisotopic (exact) mass is 162 g/mol. The number of benzene rings is 1. The molecule has 0 aliphatic heterocycles. The molecule has 0 heterocycles. The normalized spacial score (nSPS) is 10.8. The summed E-state index contributed by atoms with van der Waals surface area (Å²) in [6.07, 6.45) is 1.86. The van der Waals surface area contributed by atoms with E-state index in [1.165, 1.54) is 5.56 Å². The van der Waals surface area contributed by atoms with E-state index in [1.54, 1.807) is 7.05 Å². The number of hydrogen-bond donors (Lipinski definition) is 1. The fourth-order valence-corrected chi connectivity index (χ4v) is 0.968. The highest BCUT2D eigenvalue weighted by molar-refractivity contribution is 5.59. The molecule has 0 saturated heterocycles. The van der Waals surface area contributed by atoms with Gasteiger partial charge < -0.3 is 5.32 Å². The van der Waals surface area contributed by atoms with Crippen LogP contribution in [0, 0.1) is 0 Å².